The zero-order valence-electron chi connectivity index (χ0n) is 17.2. The molecule has 0 spiro atoms. The highest BCUT2D eigenvalue weighted by molar-refractivity contribution is 7.89. The van der Waals surface area contributed by atoms with Crippen LogP contribution in [0.4, 0.5) is 5.69 Å². The summed E-state index contributed by atoms with van der Waals surface area (Å²) in [6.07, 6.45) is 2.20. The van der Waals surface area contributed by atoms with Crippen molar-refractivity contribution in [3.63, 3.8) is 0 Å². The molecule has 1 N–H and O–H groups in total. The molecule has 0 unspecified atom stereocenters. The van der Waals surface area contributed by atoms with E-state index in [1.807, 2.05) is 19.1 Å². The van der Waals surface area contributed by atoms with Crippen molar-refractivity contribution in [2.24, 2.45) is 0 Å². The molecular weight excluding hydrogens is 406 g/mol. The van der Waals surface area contributed by atoms with Gasteiger partial charge in [-0.05, 0) is 61.7 Å². The van der Waals surface area contributed by atoms with Crippen LogP contribution in [0.1, 0.15) is 30.9 Å². The Labute approximate surface area is 177 Å². The summed E-state index contributed by atoms with van der Waals surface area (Å²) < 4.78 is 33.6. The third kappa shape index (κ3) is 4.80. The molecule has 0 aliphatic carbocycles. The van der Waals surface area contributed by atoms with Gasteiger partial charge in [0.25, 0.3) is 0 Å². The average molecular weight is 434 g/mol. The van der Waals surface area contributed by atoms with E-state index in [2.05, 4.69) is 5.32 Å². The molecule has 3 rings (SSSR count). The molecule has 2 aromatic rings. The van der Waals surface area contributed by atoms with Crippen LogP contribution in [0.3, 0.4) is 0 Å². The Bertz CT molecular complexity index is 986. The summed E-state index contributed by atoms with van der Waals surface area (Å²) in [6.45, 7) is 3.54. The molecule has 0 saturated carbocycles. The number of nitrogens with zero attached hydrogens (tertiary/aromatic N) is 2. The van der Waals surface area contributed by atoms with Gasteiger partial charge in [0.2, 0.25) is 10.0 Å². The monoisotopic (exact) mass is 433 g/mol. The lowest BCUT2D eigenvalue weighted by atomic mass is 10.1. The maximum Gasteiger partial charge on any atom is 0.311 e. The molecule has 162 valence electrons. The summed E-state index contributed by atoms with van der Waals surface area (Å²) in [7, 11) is -2.40. The number of piperidine rings is 1. The van der Waals surface area contributed by atoms with E-state index in [0.717, 1.165) is 25.1 Å². The van der Waals surface area contributed by atoms with Crippen molar-refractivity contribution in [3.8, 4) is 5.75 Å². The molecule has 0 radical (unpaired) electrons. The lowest BCUT2D eigenvalue weighted by molar-refractivity contribution is -0.385. The molecule has 8 nitrogen and oxygen atoms in total. The zero-order chi connectivity index (χ0) is 21.7. The quantitative estimate of drug-likeness (QED) is 0.507. The minimum atomic E-state index is -3.77. The van der Waals surface area contributed by atoms with E-state index in [9.17, 15) is 18.5 Å². The van der Waals surface area contributed by atoms with Gasteiger partial charge in [-0.15, -0.1) is 0 Å². The fourth-order valence-corrected chi connectivity index (χ4v) is 5.37. The van der Waals surface area contributed by atoms with Gasteiger partial charge in [0.05, 0.1) is 16.9 Å². The number of nitro groups is 1. The molecule has 0 amide bonds. The van der Waals surface area contributed by atoms with Crippen LogP contribution >= 0.6 is 0 Å². The first kappa shape index (κ1) is 22.2. The van der Waals surface area contributed by atoms with Crippen LogP contribution in [0.5, 0.6) is 5.75 Å². The number of benzene rings is 2. The Kier molecular flexibility index (Phi) is 7.06. The van der Waals surface area contributed by atoms with Crippen molar-refractivity contribution in [1.29, 1.82) is 0 Å². The summed E-state index contributed by atoms with van der Waals surface area (Å²) in [4.78, 5) is 11.1. The fraction of sp³-hybridized carbons (Fsp3) is 0.429. The summed E-state index contributed by atoms with van der Waals surface area (Å²) in [6, 6.07) is 11.3. The Morgan fingerprint density at radius 1 is 1.13 bits per heavy atom. The first-order valence-electron chi connectivity index (χ1n) is 9.99. The van der Waals surface area contributed by atoms with E-state index in [1.54, 1.807) is 18.2 Å². The molecule has 1 fully saturated rings. The van der Waals surface area contributed by atoms with Crippen LogP contribution < -0.4 is 10.1 Å². The number of sulfonamides is 1. The standard InChI is InChI=1S/C21H27N3O5S/c1-3-16-4-7-19(8-5-16)30(27,28)23(18-10-12-22-13-11-18)15-17-6-9-21(29-2)20(14-17)24(25)26/h4-9,14,18,22H,3,10-13,15H2,1-2H3. The smallest absolute Gasteiger partial charge is 0.311 e. The van der Waals surface area contributed by atoms with Crippen molar-refractivity contribution in [1.82, 2.24) is 9.62 Å². The summed E-state index contributed by atoms with van der Waals surface area (Å²) in [5.74, 6) is 0.148. The van der Waals surface area contributed by atoms with Crippen LogP contribution in [-0.2, 0) is 23.0 Å². The zero-order valence-corrected chi connectivity index (χ0v) is 18.0. The van der Waals surface area contributed by atoms with Crippen LogP contribution in [0, 0.1) is 10.1 Å². The topological polar surface area (TPSA) is 102 Å². The second kappa shape index (κ2) is 9.55. The minimum absolute atomic E-state index is 0.0629. The molecule has 2 aromatic carbocycles. The van der Waals surface area contributed by atoms with Gasteiger partial charge >= 0.3 is 5.69 Å². The first-order valence-corrected chi connectivity index (χ1v) is 11.4. The van der Waals surface area contributed by atoms with Crippen molar-refractivity contribution < 1.29 is 18.1 Å². The maximum atomic E-state index is 13.5. The summed E-state index contributed by atoms with van der Waals surface area (Å²) in [5.41, 5.74) is 1.44. The fourth-order valence-electron chi connectivity index (χ4n) is 3.69. The van der Waals surface area contributed by atoms with E-state index in [-0.39, 0.29) is 28.9 Å². The number of nitrogens with one attached hydrogen (secondary N) is 1. The molecule has 1 heterocycles. The number of hydrogen-bond acceptors (Lipinski definition) is 6. The summed E-state index contributed by atoms with van der Waals surface area (Å²) >= 11 is 0. The predicted octanol–water partition coefficient (Wildman–Crippen LogP) is 3.11. The molecular formula is C21H27N3O5S. The van der Waals surface area contributed by atoms with Crippen molar-refractivity contribution in [2.45, 2.75) is 43.7 Å². The second-order valence-corrected chi connectivity index (χ2v) is 9.18. The largest absolute Gasteiger partial charge is 0.490 e. The maximum absolute atomic E-state index is 13.5. The number of ether oxygens (including phenoxy) is 1. The molecule has 0 bridgehead atoms. The molecule has 30 heavy (non-hydrogen) atoms. The molecule has 9 heteroatoms. The van der Waals surface area contributed by atoms with Gasteiger partial charge in [0, 0.05) is 18.7 Å². The lowest BCUT2D eigenvalue weighted by Crippen LogP contribution is -2.45. The lowest BCUT2D eigenvalue weighted by Gasteiger charge is -2.34. The average Bonchev–Trinajstić information content (AvgIpc) is 2.77. The Balaban J connectivity index is 1.98. The Morgan fingerprint density at radius 2 is 1.77 bits per heavy atom. The number of nitro benzene ring substituents is 1. The van der Waals surface area contributed by atoms with Crippen molar-refractivity contribution in [2.75, 3.05) is 20.2 Å². The van der Waals surface area contributed by atoms with E-state index < -0.39 is 14.9 Å². The van der Waals surface area contributed by atoms with Gasteiger partial charge in [0.1, 0.15) is 0 Å². The Hall–Kier alpha value is -2.49. The van der Waals surface area contributed by atoms with E-state index in [0.29, 0.717) is 18.4 Å². The van der Waals surface area contributed by atoms with Crippen molar-refractivity contribution >= 4 is 15.7 Å². The van der Waals surface area contributed by atoms with Gasteiger partial charge < -0.3 is 10.1 Å². The first-order chi connectivity index (χ1) is 14.4. The van der Waals surface area contributed by atoms with Gasteiger partial charge in [-0.25, -0.2) is 8.42 Å². The van der Waals surface area contributed by atoms with Crippen molar-refractivity contribution in [3.05, 3.63) is 63.7 Å². The molecule has 0 atom stereocenters. The summed E-state index contributed by atoms with van der Waals surface area (Å²) in [5, 5.41) is 14.6. The van der Waals surface area contributed by atoms with Crippen LogP contribution in [-0.4, -0.2) is 43.9 Å². The molecule has 1 aliphatic heterocycles. The molecule has 1 aliphatic rings. The third-order valence-electron chi connectivity index (χ3n) is 5.43. The van der Waals surface area contributed by atoms with Gasteiger partial charge in [0.15, 0.2) is 5.75 Å². The van der Waals surface area contributed by atoms with E-state index in [4.69, 9.17) is 4.74 Å². The van der Waals surface area contributed by atoms with Gasteiger partial charge in [-0.3, -0.25) is 10.1 Å². The normalized spacial score (nSPS) is 15.3. The van der Waals surface area contributed by atoms with E-state index in [1.165, 1.54) is 23.5 Å². The van der Waals surface area contributed by atoms with Crippen LogP contribution in [0.25, 0.3) is 0 Å². The highest BCUT2D eigenvalue weighted by Crippen LogP contribution is 2.30. The molecule has 0 aromatic heterocycles. The predicted molar refractivity (Wildman–Crippen MR) is 114 cm³/mol. The van der Waals surface area contributed by atoms with E-state index >= 15 is 0 Å². The SMILES string of the molecule is CCc1ccc(S(=O)(=O)N(Cc2ccc(OC)c([N+](=O)[O-])c2)C2CCNCC2)cc1. The number of rotatable bonds is 8. The number of aryl methyl sites for hydroxylation is 1. The molecule has 1 saturated heterocycles. The van der Waals surface area contributed by atoms with Gasteiger partial charge in [-0.2, -0.15) is 4.31 Å². The minimum Gasteiger partial charge on any atom is -0.490 e. The number of methoxy groups -OCH3 is 1. The highest BCUT2D eigenvalue weighted by atomic mass is 32.2. The second-order valence-electron chi connectivity index (χ2n) is 7.29. The highest BCUT2D eigenvalue weighted by Gasteiger charge is 2.33. The van der Waals surface area contributed by atoms with Crippen LogP contribution in [0.15, 0.2) is 47.4 Å². The van der Waals surface area contributed by atoms with Gasteiger partial charge in [-0.1, -0.05) is 25.1 Å². The Morgan fingerprint density at radius 3 is 2.33 bits per heavy atom. The van der Waals surface area contributed by atoms with Crippen LogP contribution in [0.2, 0.25) is 0 Å². The number of hydrogen-bond donors (Lipinski definition) is 1. The third-order valence-corrected chi connectivity index (χ3v) is 7.35.